The number of hydrogen-bond acceptors (Lipinski definition) is 7. The average Bonchev–Trinajstić information content (AvgIpc) is 3.08. The molecule has 3 aromatic rings. The molecule has 0 spiro atoms. The van der Waals surface area contributed by atoms with Crippen LogP contribution in [0.4, 0.5) is 11.8 Å². The lowest BCUT2D eigenvalue weighted by molar-refractivity contribution is 0.580. The molecule has 0 saturated carbocycles. The number of nitrogens with zero attached hydrogens (tertiary/aromatic N) is 4. The van der Waals surface area contributed by atoms with Gasteiger partial charge >= 0.3 is 0 Å². The number of nitrogens with two attached hydrogens (primary N) is 1. The number of rotatable bonds is 4. The topological polar surface area (TPSA) is 114 Å². The molecule has 0 aliphatic rings. The smallest absolute Gasteiger partial charge is 0.222 e. The summed E-state index contributed by atoms with van der Waals surface area (Å²) in [5.41, 5.74) is 8.30. The average molecular weight is 306 g/mol. The molecule has 0 radical (unpaired) electrons. The Morgan fingerprint density at radius 2 is 2.17 bits per heavy atom. The first-order valence-electron chi connectivity index (χ1n) is 6.94. The van der Waals surface area contributed by atoms with Crippen LogP contribution in [0.25, 0.3) is 11.5 Å². The van der Waals surface area contributed by atoms with Crippen LogP contribution < -0.4 is 11.1 Å². The molecule has 3 aromatic heterocycles. The number of anilines is 2. The molecule has 23 heavy (non-hydrogen) atoms. The number of pyridine rings is 1. The second-order valence-corrected chi connectivity index (χ2v) is 4.92. The SMILES string of the molecule is Cc1ccc(CNc2nc(N)nc(-c3ccco3)c2C#N)nc1. The van der Waals surface area contributed by atoms with E-state index in [9.17, 15) is 5.26 Å². The lowest BCUT2D eigenvalue weighted by Crippen LogP contribution is -2.09. The van der Waals surface area contributed by atoms with Crippen LogP contribution in [-0.2, 0) is 6.54 Å². The van der Waals surface area contributed by atoms with Gasteiger partial charge in [-0.2, -0.15) is 10.2 Å². The summed E-state index contributed by atoms with van der Waals surface area (Å²) in [6, 6.07) is 9.42. The second kappa shape index (κ2) is 6.15. The maximum Gasteiger partial charge on any atom is 0.222 e. The van der Waals surface area contributed by atoms with E-state index in [-0.39, 0.29) is 11.5 Å². The van der Waals surface area contributed by atoms with Gasteiger partial charge in [-0.05, 0) is 30.7 Å². The second-order valence-electron chi connectivity index (χ2n) is 4.92. The molecule has 0 aliphatic carbocycles. The van der Waals surface area contributed by atoms with Gasteiger partial charge in [-0.15, -0.1) is 0 Å². The maximum atomic E-state index is 9.45. The Morgan fingerprint density at radius 1 is 1.30 bits per heavy atom. The molecule has 0 aliphatic heterocycles. The summed E-state index contributed by atoms with van der Waals surface area (Å²) in [7, 11) is 0. The van der Waals surface area contributed by atoms with Crippen molar-refractivity contribution in [2.75, 3.05) is 11.1 Å². The van der Waals surface area contributed by atoms with E-state index in [1.165, 1.54) is 6.26 Å². The van der Waals surface area contributed by atoms with E-state index < -0.39 is 0 Å². The van der Waals surface area contributed by atoms with E-state index in [0.29, 0.717) is 23.8 Å². The number of hydrogen-bond donors (Lipinski definition) is 2. The van der Waals surface area contributed by atoms with Crippen LogP contribution in [0.2, 0.25) is 0 Å². The molecular weight excluding hydrogens is 292 g/mol. The summed E-state index contributed by atoms with van der Waals surface area (Å²) in [5.74, 6) is 0.885. The first-order chi connectivity index (χ1) is 11.2. The van der Waals surface area contributed by atoms with Crippen molar-refractivity contribution < 1.29 is 4.42 Å². The standard InChI is InChI=1S/C16H14N6O/c1-10-4-5-11(19-8-10)9-20-15-12(7-17)14(21-16(18)22-15)13-3-2-6-23-13/h2-6,8H,9H2,1H3,(H3,18,20,21,22). The first kappa shape index (κ1) is 14.5. The fourth-order valence-electron chi connectivity index (χ4n) is 2.08. The van der Waals surface area contributed by atoms with E-state index >= 15 is 0 Å². The molecule has 0 unspecified atom stereocenters. The lowest BCUT2D eigenvalue weighted by atomic mass is 10.2. The summed E-state index contributed by atoms with van der Waals surface area (Å²) in [6.45, 7) is 2.39. The number of aromatic nitrogens is 3. The summed E-state index contributed by atoms with van der Waals surface area (Å²) in [4.78, 5) is 12.5. The van der Waals surface area contributed by atoms with Gasteiger partial charge in [0.1, 0.15) is 17.3 Å². The fraction of sp³-hybridized carbons (Fsp3) is 0.125. The van der Waals surface area contributed by atoms with Crippen molar-refractivity contribution in [3.05, 3.63) is 53.5 Å². The van der Waals surface area contributed by atoms with E-state index in [1.54, 1.807) is 18.3 Å². The third-order valence-corrected chi connectivity index (χ3v) is 3.20. The molecule has 0 atom stereocenters. The van der Waals surface area contributed by atoms with E-state index in [1.807, 2.05) is 19.1 Å². The zero-order valence-electron chi connectivity index (χ0n) is 12.4. The van der Waals surface area contributed by atoms with Gasteiger partial charge in [-0.3, -0.25) is 4.98 Å². The predicted molar refractivity (Wildman–Crippen MR) is 85.2 cm³/mol. The highest BCUT2D eigenvalue weighted by Crippen LogP contribution is 2.27. The number of nitrogen functional groups attached to an aromatic ring is 1. The van der Waals surface area contributed by atoms with Crippen molar-refractivity contribution in [3.63, 3.8) is 0 Å². The van der Waals surface area contributed by atoms with Gasteiger partial charge in [0.2, 0.25) is 5.95 Å². The molecule has 0 bridgehead atoms. The molecule has 3 rings (SSSR count). The largest absolute Gasteiger partial charge is 0.463 e. The normalized spacial score (nSPS) is 10.3. The monoisotopic (exact) mass is 306 g/mol. The highest BCUT2D eigenvalue weighted by molar-refractivity contribution is 5.71. The molecule has 0 saturated heterocycles. The Bertz CT molecular complexity index is 850. The minimum absolute atomic E-state index is 0.0646. The molecule has 114 valence electrons. The number of nitrogens with one attached hydrogen (secondary N) is 1. The lowest BCUT2D eigenvalue weighted by Gasteiger charge is -2.10. The molecule has 0 amide bonds. The summed E-state index contributed by atoms with van der Waals surface area (Å²) in [6.07, 6.45) is 3.29. The van der Waals surface area contributed by atoms with Crippen LogP contribution in [-0.4, -0.2) is 15.0 Å². The molecular formula is C16H14N6O. The third kappa shape index (κ3) is 3.11. The van der Waals surface area contributed by atoms with Crippen molar-refractivity contribution in [2.24, 2.45) is 0 Å². The summed E-state index contributed by atoms with van der Waals surface area (Å²) >= 11 is 0. The van der Waals surface area contributed by atoms with Gasteiger partial charge in [-0.1, -0.05) is 6.07 Å². The van der Waals surface area contributed by atoms with Gasteiger partial charge in [-0.25, -0.2) is 4.98 Å². The van der Waals surface area contributed by atoms with Gasteiger partial charge in [0.25, 0.3) is 0 Å². The minimum Gasteiger partial charge on any atom is -0.463 e. The first-order valence-corrected chi connectivity index (χ1v) is 6.94. The third-order valence-electron chi connectivity index (χ3n) is 3.20. The van der Waals surface area contributed by atoms with Crippen LogP contribution in [0.1, 0.15) is 16.8 Å². The van der Waals surface area contributed by atoms with E-state index in [0.717, 1.165) is 11.3 Å². The summed E-state index contributed by atoms with van der Waals surface area (Å²) in [5, 5.41) is 12.5. The van der Waals surface area contributed by atoms with Gasteiger partial charge in [0.05, 0.1) is 18.5 Å². The zero-order chi connectivity index (χ0) is 16.2. The van der Waals surface area contributed by atoms with Gasteiger partial charge in [0.15, 0.2) is 11.6 Å². The molecule has 7 nitrogen and oxygen atoms in total. The zero-order valence-corrected chi connectivity index (χ0v) is 12.4. The van der Waals surface area contributed by atoms with E-state index in [4.69, 9.17) is 10.2 Å². The molecule has 7 heteroatoms. The Kier molecular flexibility index (Phi) is 3.89. The minimum atomic E-state index is 0.0646. The van der Waals surface area contributed by atoms with Crippen LogP contribution >= 0.6 is 0 Å². The van der Waals surface area contributed by atoms with E-state index in [2.05, 4.69) is 26.3 Å². The van der Waals surface area contributed by atoms with Crippen LogP contribution in [0.5, 0.6) is 0 Å². The van der Waals surface area contributed by atoms with Gasteiger partial charge < -0.3 is 15.5 Å². The molecule has 3 heterocycles. The maximum absolute atomic E-state index is 9.45. The van der Waals surface area contributed by atoms with Crippen molar-refractivity contribution in [1.82, 2.24) is 15.0 Å². The van der Waals surface area contributed by atoms with Crippen LogP contribution in [0.3, 0.4) is 0 Å². The van der Waals surface area contributed by atoms with Crippen molar-refractivity contribution >= 4 is 11.8 Å². The fourth-order valence-corrected chi connectivity index (χ4v) is 2.08. The van der Waals surface area contributed by atoms with Crippen molar-refractivity contribution in [1.29, 1.82) is 5.26 Å². The predicted octanol–water partition coefficient (Wildman–Crippen LogP) is 2.51. The number of aryl methyl sites for hydroxylation is 1. The quantitative estimate of drug-likeness (QED) is 0.761. The Morgan fingerprint density at radius 3 is 2.83 bits per heavy atom. The molecule has 0 fully saturated rings. The van der Waals surface area contributed by atoms with Crippen LogP contribution in [0, 0.1) is 18.3 Å². The Labute approximate surface area is 132 Å². The van der Waals surface area contributed by atoms with Crippen molar-refractivity contribution in [2.45, 2.75) is 13.5 Å². The highest BCUT2D eigenvalue weighted by Gasteiger charge is 2.17. The van der Waals surface area contributed by atoms with Crippen LogP contribution in [0.15, 0.2) is 41.1 Å². The summed E-state index contributed by atoms with van der Waals surface area (Å²) < 4.78 is 5.31. The van der Waals surface area contributed by atoms with Crippen molar-refractivity contribution in [3.8, 4) is 17.5 Å². The Balaban J connectivity index is 1.92. The number of furan rings is 1. The highest BCUT2D eigenvalue weighted by atomic mass is 16.3. The molecule has 0 aromatic carbocycles. The Hall–Kier alpha value is -3.40. The number of nitriles is 1. The molecule has 3 N–H and O–H groups in total. The van der Waals surface area contributed by atoms with Gasteiger partial charge in [0, 0.05) is 6.20 Å².